The van der Waals surface area contributed by atoms with Crippen LogP contribution in [0.4, 0.5) is 5.82 Å². The highest BCUT2D eigenvalue weighted by atomic mass is 16.7. The number of rotatable bonds is 5. The van der Waals surface area contributed by atoms with Crippen LogP contribution in [0.1, 0.15) is 13.2 Å². The molecule has 0 saturated carbocycles. The zero-order valence-corrected chi connectivity index (χ0v) is 15.4. The van der Waals surface area contributed by atoms with E-state index in [4.69, 9.17) is 25.1 Å². The molecule has 2 fully saturated rings. The number of hydrogen-bond donors (Lipinski definition) is 6. The molecular weight excluding hydrogens is 390 g/mol. The maximum atomic E-state index is 10.5. The summed E-state index contributed by atoms with van der Waals surface area (Å²) in [6.45, 7) is 1.07. The lowest BCUT2D eigenvalue weighted by molar-refractivity contribution is -0.218. The highest BCUT2D eigenvalue weighted by Gasteiger charge is 2.49. The van der Waals surface area contributed by atoms with E-state index in [1.54, 1.807) is 6.92 Å². The van der Waals surface area contributed by atoms with Gasteiger partial charge in [0.1, 0.15) is 48.5 Å². The van der Waals surface area contributed by atoms with Gasteiger partial charge in [0, 0.05) is 0 Å². The molecule has 4 heterocycles. The molecule has 160 valence electrons. The van der Waals surface area contributed by atoms with Gasteiger partial charge in [0.25, 0.3) is 0 Å². The maximum Gasteiger partial charge on any atom is 0.187 e. The van der Waals surface area contributed by atoms with Crippen molar-refractivity contribution in [1.29, 1.82) is 0 Å². The summed E-state index contributed by atoms with van der Waals surface area (Å²) in [6, 6.07) is 0. The van der Waals surface area contributed by atoms with E-state index >= 15 is 0 Å². The Labute approximate surface area is 164 Å². The lowest BCUT2D eigenvalue weighted by Gasteiger charge is -2.26. The molecule has 0 aliphatic carbocycles. The number of imidazole rings is 1. The van der Waals surface area contributed by atoms with E-state index < -0.39 is 61.9 Å². The first-order chi connectivity index (χ1) is 13.8. The third kappa shape index (κ3) is 3.35. The van der Waals surface area contributed by atoms with Crippen molar-refractivity contribution in [3.8, 4) is 0 Å². The van der Waals surface area contributed by atoms with Gasteiger partial charge in [-0.15, -0.1) is 0 Å². The lowest BCUT2D eigenvalue weighted by atomic mass is 10.1. The number of nitrogen functional groups attached to an aromatic ring is 1. The van der Waals surface area contributed by atoms with Crippen molar-refractivity contribution < 1.29 is 39.7 Å². The number of anilines is 1. The van der Waals surface area contributed by atoms with Gasteiger partial charge in [0.15, 0.2) is 24.0 Å². The van der Waals surface area contributed by atoms with Gasteiger partial charge in [-0.3, -0.25) is 4.57 Å². The van der Waals surface area contributed by atoms with Gasteiger partial charge in [-0.1, -0.05) is 0 Å². The minimum atomic E-state index is -1.38. The maximum absolute atomic E-state index is 10.5. The fourth-order valence-corrected chi connectivity index (χ4v) is 3.63. The van der Waals surface area contributed by atoms with Crippen molar-refractivity contribution >= 4 is 17.0 Å². The Balaban J connectivity index is 1.50. The van der Waals surface area contributed by atoms with Crippen LogP contribution in [-0.4, -0.2) is 101 Å². The summed E-state index contributed by atoms with van der Waals surface area (Å²) < 4.78 is 18.1. The molecule has 0 amide bonds. The predicted octanol–water partition coefficient (Wildman–Crippen LogP) is -3.13. The zero-order chi connectivity index (χ0) is 20.9. The normalized spacial score (nSPS) is 38.7. The van der Waals surface area contributed by atoms with Gasteiger partial charge in [-0.2, -0.15) is 0 Å². The fraction of sp³-hybridized carbons (Fsp3) is 0.688. The van der Waals surface area contributed by atoms with Crippen molar-refractivity contribution in [1.82, 2.24) is 19.5 Å². The van der Waals surface area contributed by atoms with Crippen LogP contribution < -0.4 is 5.73 Å². The molecule has 2 aliphatic heterocycles. The molecule has 0 aromatic carbocycles. The number of hydrogen-bond acceptors (Lipinski definition) is 12. The van der Waals surface area contributed by atoms with E-state index in [1.165, 1.54) is 17.2 Å². The second kappa shape index (κ2) is 7.70. The van der Waals surface area contributed by atoms with E-state index in [0.717, 1.165) is 0 Å². The van der Waals surface area contributed by atoms with Crippen LogP contribution in [-0.2, 0) is 14.2 Å². The molecule has 9 atom stereocenters. The SMILES string of the molecule is CC(O[C@@H]1O[C@H](CO)[C@@H](O)[C@H]1O)[C@H]1O[C@@H](n2cnc3c(N)ncnc32)[C@H](O)[C@@H]1O. The molecule has 2 aliphatic rings. The van der Waals surface area contributed by atoms with Crippen LogP contribution in [0.15, 0.2) is 12.7 Å². The number of fused-ring (bicyclic) bond motifs is 1. The van der Waals surface area contributed by atoms with E-state index in [0.29, 0.717) is 11.2 Å². The van der Waals surface area contributed by atoms with E-state index in [9.17, 15) is 20.4 Å². The third-order valence-electron chi connectivity index (χ3n) is 5.25. The Morgan fingerprint density at radius 2 is 1.86 bits per heavy atom. The number of aliphatic hydroxyl groups excluding tert-OH is 5. The summed E-state index contributed by atoms with van der Waals surface area (Å²) >= 11 is 0. The van der Waals surface area contributed by atoms with Crippen LogP contribution in [0.2, 0.25) is 0 Å². The molecule has 13 nitrogen and oxygen atoms in total. The van der Waals surface area contributed by atoms with Gasteiger partial charge in [0.2, 0.25) is 0 Å². The number of ether oxygens (including phenoxy) is 3. The Bertz CT molecular complexity index is 867. The monoisotopic (exact) mass is 413 g/mol. The first-order valence-corrected chi connectivity index (χ1v) is 9.06. The van der Waals surface area contributed by atoms with Gasteiger partial charge < -0.3 is 45.5 Å². The zero-order valence-electron chi connectivity index (χ0n) is 15.4. The molecule has 2 saturated heterocycles. The molecule has 0 bridgehead atoms. The first-order valence-electron chi connectivity index (χ1n) is 9.06. The fourth-order valence-electron chi connectivity index (χ4n) is 3.63. The quantitative estimate of drug-likeness (QED) is 0.288. The van der Waals surface area contributed by atoms with Crippen molar-refractivity contribution in [3.63, 3.8) is 0 Å². The molecule has 0 radical (unpaired) electrons. The van der Waals surface area contributed by atoms with Crippen LogP contribution in [0.3, 0.4) is 0 Å². The number of nitrogens with zero attached hydrogens (tertiary/aromatic N) is 4. The molecule has 29 heavy (non-hydrogen) atoms. The van der Waals surface area contributed by atoms with Crippen LogP contribution in [0, 0.1) is 0 Å². The molecule has 7 N–H and O–H groups in total. The van der Waals surface area contributed by atoms with E-state index in [-0.39, 0.29) is 5.82 Å². The second-order valence-corrected chi connectivity index (χ2v) is 7.10. The topological polar surface area (TPSA) is 198 Å². The van der Waals surface area contributed by atoms with Crippen molar-refractivity contribution in [2.24, 2.45) is 0 Å². The summed E-state index contributed by atoms with van der Waals surface area (Å²) in [5, 5.41) is 50.0. The Kier molecular flexibility index (Phi) is 5.39. The average molecular weight is 413 g/mol. The Morgan fingerprint density at radius 1 is 1.10 bits per heavy atom. The van der Waals surface area contributed by atoms with Crippen molar-refractivity contribution in [2.45, 2.75) is 62.2 Å². The highest BCUT2D eigenvalue weighted by Crippen LogP contribution is 2.35. The van der Waals surface area contributed by atoms with Crippen LogP contribution in [0.25, 0.3) is 11.2 Å². The first kappa shape index (κ1) is 20.3. The minimum Gasteiger partial charge on any atom is -0.394 e. The highest BCUT2D eigenvalue weighted by molar-refractivity contribution is 5.81. The van der Waals surface area contributed by atoms with Crippen LogP contribution in [0.5, 0.6) is 0 Å². The number of nitrogens with two attached hydrogens (primary N) is 1. The number of aromatic nitrogens is 4. The Hall–Kier alpha value is -1.97. The molecule has 4 rings (SSSR count). The average Bonchev–Trinajstić information content (AvgIpc) is 3.34. The molecule has 13 heteroatoms. The van der Waals surface area contributed by atoms with Crippen molar-refractivity contribution in [3.05, 3.63) is 12.7 Å². The van der Waals surface area contributed by atoms with Gasteiger partial charge in [-0.05, 0) is 6.92 Å². The summed E-state index contributed by atoms with van der Waals surface area (Å²) in [6.07, 6.45) is -7.81. The van der Waals surface area contributed by atoms with Gasteiger partial charge in [-0.25, -0.2) is 15.0 Å². The lowest BCUT2D eigenvalue weighted by Crippen LogP contribution is -2.42. The smallest absolute Gasteiger partial charge is 0.187 e. The summed E-state index contributed by atoms with van der Waals surface area (Å²) in [4.78, 5) is 12.1. The largest absolute Gasteiger partial charge is 0.394 e. The standard InChI is InChI=1S/C16H23N5O8/c1-5(27-16-11(26)8(23)6(2-22)28-16)12-9(24)10(25)15(29-12)21-4-20-7-13(17)18-3-19-14(7)21/h3-6,8-12,15-16,22-26H,2H2,1H3,(H2,17,18,19)/t5?,6-,8-,9+,10-,11-,12-,15-,16-/m1/s1. The summed E-state index contributed by atoms with van der Waals surface area (Å²) in [7, 11) is 0. The van der Waals surface area contributed by atoms with E-state index in [2.05, 4.69) is 15.0 Å². The molecule has 2 aromatic heterocycles. The minimum absolute atomic E-state index is 0.166. The summed E-state index contributed by atoms with van der Waals surface area (Å²) in [5.74, 6) is 0.166. The third-order valence-corrected chi connectivity index (χ3v) is 5.25. The summed E-state index contributed by atoms with van der Waals surface area (Å²) in [5.41, 5.74) is 6.42. The Morgan fingerprint density at radius 3 is 2.55 bits per heavy atom. The molecule has 1 unspecified atom stereocenters. The second-order valence-electron chi connectivity index (χ2n) is 7.10. The van der Waals surface area contributed by atoms with Crippen LogP contribution >= 0.6 is 0 Å². The molecular formula is C16H23N5O8. The van der Waals surface area contributed by atoms with Crippen molar-refractivity contribution in [2.75, 3.05) is 12.3 Å². The number of aliphatic hydroxyl groups is 5. The van der Waals surface area contributed by atoms with Gasteiger partial charge >= 0.3 is 0 Å². The van der Waals surface area contributed by atoms with E-state index in [1.807, 2.05) is 0 Å². The van der Waals surface area contributed by atoms with Gasteiger partial charge in [0.05, 0.1) is 19.0 Å². The molecule has 2 aromatic rings. The predicted molar refractivity (Wildman–Crippen MR) is 94.0 cm³/mol. The molecule has 0 spiro atoms.